The van der Waals surface area contributed by atoms with Crippen molar-refractivity contribution in [3.63, 3.8) is 0 Å². The Kier molecular flexibility index (Phi) is 6.32. The van der Waals surface area contributed by atoms with Gasteiger partial charge in [0.2, 0.25) is 0 Å². The summed E-state index contributed by atoms with van der Waals surface area (Å²) in [7, 11) is 0. The molecule has 2 fully saturated rings. The number of likely N-dealkylation sites (tertiary alicyclic amines) is 1. The molecule has 0 radical (unpaired) electrons. The predicted molar refractivity (Wildman–Crippen MR) is 92.2 cm³/mol. The van der Waals surface area contributed by atoms with Crippen molar-refractivity contribution >= 4 is 0 Å². The summed E-state index contributed by atoms with van der Waals surface area (Å²) in [5.74, 6) is 0. The van der Waals surface area contributed by atoms with E-state index in [-0.39, 0.29) is 0 Å². The van der Waals surface area contributed by atoms with E-state index in [4.69, 9.17) is 9.47 Å². The fraction of sp³-hybridized carbons (Fsp3) is 1.00. The van der Waals surface area contributed by atoms with Gasteiger partial charge in [-0.05, 0) is 69.9 Å². The highest BCUT2D eigenvalue weighted by Crippen LogP contribution is 2.50. The summed E-state index contributed by atoms with van der Waals surface area (Å²) in [5.41, 5.74) is 1.01. The van der Waals surface area contributed by atoms with Crippen LogP contribution in [0.5, 0.6) is 0 Å². The molecule has 130 valence electrons. The van der Waals surface area contributed by atoms with E-state index in [9.17, 15) is 0 Å². The molecule has 0 bridgehead atoms. The van der Waals surface area contributed by atoms with Crippen LogP contribution in [0.15, 0.2) is 0 Å². The van der Waals surface area contributed by atoms with Crippen molar-refractivity contribution in [3.05, 3.63) is 0 Å². The minimum Gasteiger partial charge on any atom is -0.378 e. The van der Waals surface area contributed by atoms with E-state index >= 15 is 0 Å². The Morgan fingerprint density at radius 3 is 2.27 bits per heavy atom. The number of hydrogen-bond acceptors (Lipinski definition) is 3. The molecule has 22 heavy (non-hydrogen) atoms. The number of hydrogen-bond donors (Lipinski definition) is 0. The van der Waals surface area contributed by atoms with Crippen LogP contribution in [0, 0.1) is 10.8 Å². The first-order valence-corrected chi connectivity index (χ1v) is 9.24. The third-order valence-corrected chi connectivity index (χ3v) is 5.30. The lowest BCUT2D eigenvalue weighted by molar-refractivity contribution is -0.109. The van der Waals surface area contributed by atoms with E-state index in [0.717, 1.165) is 19.8 Å². The molecule has 0 aromatic heterocycles. The topological polar surface area (TPSA) is 21.7 Å². The summed E-state index contributed by atoms with van der Waals surface area (Å²) in [6.45, 7) is 16.5. The fourth-order valence-corrected chi connectivity index (χ4v) is 3.63. The molecule has 2 aliphatic rings. The molecular formula is C19H37NO2. The van der Waals surface area contributed by atoms with Crippen LogP contribution < -0.4 is 0 Å². The SMILES string of the molecule is CC(C)OCCN1CCC2(CC1)CC(OCCC(C)(C)C)C2. The molecule has 0 amide bonds. The van der Waals surface area contributed by atoms with Crippen molar-refractivity contribution in [2.24, 2.45) is 10.8 Å². The summed E-state index contributed by atoms with van der Waals surface area (Å²) < 4.78 is 11.7. The lowest BCUT2D eigenvalue weighted by atomic mass is 9.61. The Hall–Kier alpha value is -0.120. The first-order chi connectivity index (χ1) is 10.3. The lowest BCUT2D eigenvalue weighted by Gasteiger charge is -2.52. The fourth-order valence-electron chi connectivity index (χ4n) is 3.63. The monoisotopic (exact) mass is 311 g/mol. The van der Waals surface area contributed by atoms with Gasteiger partial charge in [-0.3, -0.25) is 0 Å². The van der Waals surface area contributed by atoms with Crippen LogP contribution in [0.1, 0.15) is 66.7 Å². The van der Waals surface area contributed by atoms with Crippen LogP contribution in [0.25, 0.3) is 0 Å². The van der Waals surface area contributed by atoms with Gasteiger partial charge >= 0.3 is 0 Å². The Balaban J connectivity index is 1.56. The van der Waals surface area contributed by atoms with Crippen LogP contribution >= 0.6 is 0 Å². The van der Waals surface area contributed by atoms with Gasteiger partial charge in [0.25, 0.3) is 0 Å². The average molecular weight is 312 g/mol. The molecule has 2 rings (SSSR count). The lowest BCUT2D eigenvalue weighted by Crippen LogP contribution is -2.50. The smallest absolute Gasteiger partial charge is 0.0596 e. The van der Waals surface area contributed by atoms with Crippen molar-refractivity contribution in [2.45, 2.75) is 78.9 Å². The van der Waals surface area contributed by atoms with E-state index in [2.05, 4.69) is 39.5 Å². The van der Waals surface area contributed by atoms with Crippen LogP contribution in [0.4, 0.5) is 0 Å². The molecule has 1 aliphatic heterocycles. The van der Waals surface area contributed by atoms with Crippen molar-refractivity contribution in [1.29, 1.82) is 0 Å². The van der Waals surface area contributed by atoms with Gasteiger partial charge < -0.3 is 14.4 Å². The van der Waals surface area contributed by atoms with E-state index in [1.54, 1.807) is 0 Å². The number of rotatable bonds is 7. The van der Waals surface area contributed by atoms with E-state index < -0.39 is 0 Å². The molecule has 0 unspecified atom stereocenters. The third kappa shape index (κ3) is 5.82. The van der Waals surface area contributed by atoms with Gasteiger partial charge in [-0.15, -0.1) is 0 Å². The summed E-state index contributed by atoms with van der Waals surface area (Å²) >= 11 is 0. The summed E-state index contributed by atoms with van der Waals surface area (Å²) in [4.78, 5) is 2.57. The van der Waals surface area contributed by atoms with Gasteiger partial charge in [0.05, 0.1) is 18.8 Å². The molecule has 3 nitrogen and oxygen atoms in total. The van der Waals surface area contributed by atoms with Gasteiger partial charge in [-0.2, -0.15) is 0 Å². The molecule has 1 heterocycles. The second-order valence-corrected chi connectivity index (χ2v) is 8.97. The van der Waals surface area contributed by atoms with Crippen molar-refractivity contribution in [1.82, 2.24) is 4.90 Å². The molecule has 1 spiro atoms. The Morgan fingerprint density at radius 1 is 1.09 bits per heavy atom. The number of piperidine rings is 1. The van der Waals surface area contributed by atoms with Gasteiger partial charge in [0.1, 0.15) is 0 Å². The summed E-state index contributed by atoms with van der Waals surface area (Å²) in [6, 6.07) is 0. The standard InChI is InChI=1S/C19H37NO2/c1-16(2)21-13-11-20-9-6-19(7-10-20)14-17(15-19)22-12-8-18(3,4)5/h16-17H,6-15H2,1-5H3. The highest BCUT2D eigenvalue weighted by molar-refractivity contribution is 4.97. The van der Waals surface area contributed by atoms with Crippen LogP contribution in [-0.2, 0) is 9.47 Å². The second kappa shape index (κ2) is 7.63. The van der Waals surface area contributed by atoms with E-state index in [1.807, 2.05) is 0 Å². The van der Waals surface area contributed by atoms with E-state index in [1.165, 1.54) is 45.2 Å². The van der Waals surface area contributed by atoms with Crippen molar-refractivity contribution in [2.75, 3.05) is 32.8 Å². The normalized spacial score (nSPS) is 23.2. The molecule has 0 atom stereocenters. The Labute approximate surface area is 137 Å². The highest BCUT2D eigenvalue weighted by atomic mass is 16.5. The molecule has 0 N–H and O–H groups in total. The molecule has 1 saturated carbocycles. The molecule has 0 aromatic carbocycles. The summed E-state index contributed by atoms with van der Waals surface area (Å²) in [5, 5.41) is 0. The molecule has 0 aromatic rings. The highest BCUT2D eigenvalue weighted by Gasteiger charge is 2.46. The first-order valence-electron chi connectivity index (χ1n) is 9.24. The van der Waals surface area contributed by atoms with Gasteiger partial charge in [0, 0.05) is 13.2 Å². The maximum atomic E-state index is 6.07. The maximum absolute atomic E-state index is 6.07. The number of ether oxygens (including phenoxy) is 2. The van der Waals surface area contributed by atoms with Gasteiger partial charge in [-0.1, -0.05) is 20.8 Å². The Bertz CT molecular complexity index is 319. The minimum atomic E-state index is 0.355. The largest absolute Gasteiger partial charge is 0.378 e. The van der Waals surface area contributed by atoms with Gasteiger partial charge in [-0.25, -0.2) is 0 Å². The predicted octanol–water partition coefficient (Wildman–Crippen LogP) is 4.11. The van der Waals surface area contributed by atoms with E-state index in [0.29, 0.717) is 23.0 Å². The first kappa shape index (κ1) is 18.2. The zero-order valence-electron chi connectivity index (χ0n) is 15.5. The van der Waals surface area contributed by atoms with Gasteiger partial charge in [0.15, 0.2) is 0 Å². The molecule has 3 heteroatoms. The quantitative estimate of drug-likeness (QED) is 0.706. The Morgan fingerprint density at radius 2 is 1.73 bits per heavy atom. The van der Waals surface area contributed by atoms with Crippen LogP contribution in [0.3, 0.4) is 0 Å². The molecular weight excluding hydrogens is 274 g/mol. The third-order valence-electron chi connectivity index (χ3n) is 5.30. The molecule has 1 saturated heterocycles. The minimum absolute atomic E-state index is 0.355. The van der Waals surface area contributed by atoms with Crippen molar-refractivity contribution < 1.29 is 9.47 Å². The summed E-state index contributed by atoms with van der Waals surface area (Å²) in [6.07, 6.45) is 7.37. The zero-order chi connectivity index (χ0) is 16.2. The zero-order valence-corrected chi connectivity index (χ0v) is 15.5. The van der Waals surface area contributed by atoms with Crippen LogP contribution in [0.2, 0.25) is 0 Å². The van der Waals surface area contributed by atoms with Crippen molar-refractivity contribution in [3.8, 4) is 0 Å². The average Bonchev–Trinajstić information content (AvgIpc) is 2.37. The molecule has 1 aliphatic carbocycles. The van der Waals surface area contributed by atoms with Crippen LogP contribution in [-0.4, -0.2) is 50.0 Å². The second-order valence-electron chi connectivity index (χ2n) is 8.97. The maximum Gasteiger partial charge on any atom is 0.0596 e. The number of nitrogens with zero attached hydrogens (tertiary/aromatic N) is 1.